The minimum Gasteiger partial charge on any atom is -0.494 e. The third kappa shape index (κ3) is 8.63. The summed E-state index contributed by atoms with van der Waals surface area (Å²) in [4.78, 5) is 25.2. The van der Waals surface area contributed by atoms with Crippen molar-refractivity contribution in [3.8, 4) is 11.5 Å². The van der Waals surface area contributed by atoms with E-state index in [9.17, 15) is 18.0 Å². The average Bonchev–Trinajstić information content (AvgIpc) is 3.14. The number of esters is 1. The summed E-state index contributed by atoms with van der Waals surface area (Å²) in [6.07, 6.45) is 1.56. The third-order valence-electron chi connectivity index (χ3n) is 3.53. The van der Waals surface area contributed by atoms with Crippen molar-refractivity contribution in [1.29, 1.82) is 0 Å². The molecular formula is C19H23NO7S2. The van der Waals surface area contributed by atoms with Crippen LogP contribution < -0.4 is 14.2 Å². The van der Waals surface area contributed by atoms with Crippen LogP contribution in [0.15, 0.2) is 36.4 Å². The molecule has 0 fully saturated rings. The van der Waals surface area contributed by atoms with Crippen molar-refractivity contribution in [3.05, 3.63) is 46.2 Å². The number of Topliss-reactive ketones (excluding diaryl/α,β-unsaturated/α-hetero) is 1. The van der Waals surface area contributed by atoms with Crippen LogP contribution >= 0.6 is 11.3 Å². The summed E-state index contributed by atoms with van der Waals surface area (Å²) in [7, 11) is -3.24. The molecule has 2 rings (SSSR count). The predicted molar refractivity (Wildman–Crippen MR) is 109 cm³/mol. The van der Waals surface area contributed by atoms with Gasteiger partial charge in [0.1, 0.15) is 11.5 Å². The molecule has 0 saturated carbocycles. The van der Waals surface area contributed by atoms with Crippen molar-refractivity contribution in [2.24, 2.45) is 0 Å². The fourth-order valence-corrected chi connectivity index (χ4v) is 3.63. The normalized spacial score (nSPS) is 11.1. The number of nitrogens with one attached hydrogen (secondary N) is 1. The van der Waals surface area contributed by atoms with Crippen molar-refractivity contribution in [1.82, 2.24) is 4.72 Å². The highest BCUT2D eigenvalue weighted by Gasteiger charge is 2.13. The van der Waals surface area contributed by atoms with Crippen molar-refractivity contribution < 1.29 is 32.2 Å². The molecule has 0 aliphatic carbocycles. The molecule has 29 heavy (non-hydrogen) atoms. The number of carbonyl (C=O) groups excluding carboxylic acids is 2. The van der Waals surface area contributed by atoms with E-state index in [1.54, 1.807) is 36.4 Å². The molecular weight excluding hydrogens is 418 g/mol. The Labute approximate surface area is 173 Å². The molecule has 0 spiro atoms. The summed E-state index contributed by atoms with van der Waals surface area (Å²) >= 11 is 1.24. The number of thiophene rings is 1. The first-order valence-electron chi connectivity index (χ1n) is 8.84. The molecule has 0 radical (unpaired) electrons. The molecule has 0 unspecified atom stereocenters. The van der Waals surface area contributed by atoms with E-state index in [0.29, 0.717) is 29.4 Å². The molecule has 1 heterocycles. The SMILES string of the molecule is CCOc1ccc(OCC(=O)OCC(=O)c2ccc(CCNS(C)(=O)=O)s2)cc1. The van der Waals surface area contributed by atoms with Crippen LogP contribution in [0, 0.1) is 0 Å². The van der Waals surface area contributed by atoms with Crippen molar-refractivity contribution in [2.75, 3.05) is 32.6 Å². The zero-order chi connectivity index (χ0) is 21.3. The Bertz CT molecular complexity index is 920. The fraction of sp³-hybridized carbons (Fsp3) is 0.368. The fourth-order valence-electron chi connectivity index (χ4n) is 2.22. The van der Waals surface area contributed by atoms with Crippen LogP contribution in [-0.2, 0) is 26.0 Å². The highest BCUT2D eigenvalue weighted by Crippen LogP contribution is 2.18. The summed E-state index contributed by atoms with van der Waals surface area (Å²) in [6, 6.07) is 10.2. The second kappa shape index (κ2) is 10.9. The lowest BCUT2D eigenvalue weighted by molar-refractivity contribution is -0.144. The zero-order valence-electron chi connectivity index (χ0n) is 16.2. The highest BCUT2D eigenvalue weighted by atomic mass is 32.2. The number of ketones is 1. The number of carbonyl (C=O) groups is 2. The van der Waals surface area contributed by atoms with Crippen molar-refractivity contribution in [2.45, 2.75) is 13.3 Å². The maximum absolute atomic E-state index is 12.1. The summed E-state index contributed by atoms with van der Waals surface area (Å²) in [5, 5.41) is 0. The summed E-state index contributed by atoms with van der Waals surface area (Å²) in [6.45, 7) is 2.00. The number of hydrogen-bond acceptors (Lipinski definition) is 8. The second-order valence-electron chi connectivity index (χ2n) is 5.96. The zero-order valence-corrected chi connectivity index (χ0v) is 17.8. The Morgan fingerprint density at radius 2 is 1.66 bits per heavy atom. The summed E-state index contributed by atoms with van der Waals surface area (Å²) in [5.41, 5.74) is 0. The van der Waals surface area contributed by atoms with Crippen molar-refractivity contribution in [3.63, 3.8) is 0 Å². The third-order valence-corrected chi connectivity index (χ3v) is 5.44. The van der Waals surface area contributed by atoms with Gasteiger partial charge in [-0.3, -0.25) is 4.79 Å². The van der Waals surface area contributed by atoms with Crippen LogP contribution in [0.4, 0.5) is 0 Å². The maximum Gasteiger partial charge on any atom is 0.344 e. The van der Waals surface area contributed by atoms with Crippen LogP contribution in [0.2, 0.25) is 0 Å². The van der Waals surface area contributed by atoms with E-state index in [1.807, 2.05) is 6.92 Å². The Morgan fingerprint density at radius 1 is 1.00 bits per heavy atom. The van der Waals surface area contributed by atoms with Gasteiger partial charge in [0.15, 0.2) is 13.2 Å². The minimum atomic E-state index is -3.24. The van der Waals surface area contributed by atoms with Crippen LogP contribution in [0.3, 0.4) is 0 Å². The van der Waals surface area contributed by atoms with Gasteiger partial charge in [0.2, 0.25) is 15.8 Å². The first-order valence-corrected chi connectivity index (χ1v) is 11.6. The van der Waals surface area contributed by atoms with Gasteiger partial charge in [-0.2, -0.15) is 0 Å². The van der Waals surface area contributed by atoms with Crippen molar-refractivity contribution >= 4 is 33.1 Å². The lowest BCUT2D eigenvalue weighted by Crippen LogP contribution is -2.24. The Balaban J connectivity index is 1.72. The number of benzene rings is 1. The Kier molecular flexibility index (Phi) is 8.62. The molecule has 1 aromatic heterocycles. The van der Waals surface area contributed by atoms with Gasteiger partial charge >= 0.3 is 5.97 Å². The van der Waals surface area contributed by atoms with Gasteiger partial charge < -0.3 is 14.2 Å². The van der Waals surface area contributed by atoms with Crippen LogP contribution in [0.1, 0.15) is 21.5 Å². The molecule has 10 heteroatoms. The number of sulfonamides is 1. The molecule has 0 aliphatic heterocycles. The van der Waals surface area contributed by atoms with E-state index >= 15 is 0 Å². The van der Waals surface area contributed by atoms with Crippen LogP contribution in [0.5, 0.6) is 11.5 Å². The van der Waals surface area contributed by atoms with Crippen LogP contribution in [-0.4, -0.2) is 52.8 Å². The minimum absolute atomic E-state index is 0.255. The Morgan fingerprint density at radius 3 is 2.28 bits per heavy atom. The smallest absolute Gasteiger partial charge is 0.344 e. The van der Waals surface area contributed by atoms with E-state index < -0.39 is 16.0 Å². The molecule has 2 aromatic rings. The highest BCUT2D eigenvalue weighted by molar-refractivity contribution is 7.88. The van der Waals surface area contributed by atoms with Gasteiger partial charge in [-0.25, -0.2) is 17.9 Å². The second-order valence-corrected chi connectivity index (χ2v) is 8.96. The molecule has 8 nitrogen and oxygen atoms in total. The van der Waals surface area contributed by atoms with E-state index in [1.165, 1.54) is 11.3 Å². The van der Waals surface area contributed by atoms with Gasteiger partial charge in [-0.15, -0.1) is 11.3 Å². The topological polar surface area (TPSA) is 108 Å². The predicted octanol–water partition coefficient (Wildman–Crippen LogP) is 2.04. The van der Waals surface area contributed by atoms with Gasteiger partial charge in [0.05, 0.1) is 17.7 Å². The molecule has 0 aliphatic rings. The standard InChI is InChI=1S/C19H23NO7S2/c1-3-25-14-4-6-15(7-5-14)26-13-19(22)27-12-17(21)18-9-8-16(28-18)10-11-20-29(2,23)24/h4-9,20H,3,10-13H2,1-2H3. The largest absolute Gasteiger partial charge is 0.494 e. The van der Waals surface area contributed by atoms with E-state index in [-0.39, 0.29) is 25.5 Å². The summed E-state index contributed by atoms with van der Waals surface area (Å²) in [5.74, 6) is 0.214. The van der Waals surface area contributed by atoms with Crippen LogP contribution in [0.25, 0.3) is 0 Å². The van der Waals surface area contributed by atoms with E-state index in [4.69, 9.17) is 14.2 Å². The average molecular weight is 442 g/mol. The monoisotopic (exact) mass is 441 g/mol. The lowest BCUT2D eigenvalue weighted by atomic mass is 10.3. The maximum atomic E-state index is 12.1. The van der Waals surface area contributed by atoms with E-state index in [0.717, 1.165) is 11.1 Å². The molecule has 1 aromatic carbocycles. The first kappa shape index (κ1) is 22.9. The number of ether oxygens (including phenoxy) is 3. The van der Waals surface area contributed by atoms with Gasteiger partial charge in [0.25, 0.3) is 0 Å². The van der Waals surface area contributed by atoms with E-state index in [2.05, 4.69) is 4.72 Å². The number of hydrogen-bond donors (Lipinski definition) is 1. The molecule has 1 N–H and O–H groups in total. The quantitative estimate of drug-likeness (QED) is 0.397. The molecule has 158 valence electrons. The van der Waals surface area contributed by atoms with Gasteiger partial charge in [0, 0.05) is 11.4 Å². The van der Waals surface area contributed by atoms with Gasteiger partial charge in [-0.1, -0.05) is 0 Å². The first-order chi connectivity index (χ1) is 13.8. The summed E-state index contributed by atoms with van der Waals surface area (Å²) < 4.78 is 40.1. The lowest BCUT2D eigenvalue weighted by Gasteiger charge is -2.07. The Hall–Kier alpha value is -2.43. The molecule has 0 amide bonds. The molecule has 0 atom stereocenters. The number of rotatable bonds is 12. The molecule has 0 bridgehead atoms. The van der Waals surface area contributed by atoms with Gasteiger partial charge in [-0.05, 0) is 49.7 Å². The molecule has 0 saturated heterocycles.